The topological polar surface area (TPSA) is 9.23 Å². The molecule has 1 rings (SSSR count). The molecule has 0 N–H and O–H groups in total. The molecule has 0 unspecified atom stereocenters. The molecule has 70 valence electrons. The van der Waals surface area contributed by atoms with Crippen molar-refractivity contribution in [1.29, 1.82) is 0 Å². The standard InChI is InChI=1S/C12H16O/c1-3-12(4-2)13-10-11-8-6-5-7-9-11/h3,5-9H,4,10H2,1-2H3/b12-3-. The maximum absolute atomic E-state index is 5.59. The van der Waals surface area contributed by atoms with Gasteiger partial charge in [-0.05, 0) is 18.6 Å². The number of benzene rings is 1. The third-order valence-electron chi connectivity index (χ3n) is 1.94. The molecule has 0 aliphatic rings. The number of ether oxygens (including phenoxy) is 1. The highest BCUT2D eigenvalue weighted by Crippen LogP contribution is 2.07. The Hall–Kier alpha value is -1.24. The first kappa shape index (κ1) is 9.85. The summed E-state index contributed by atoms with van der Waals surface area (Å²) < 4.78 is 5.59. The van der Waals surface area contributed by atoms with E-state index in [1.807, 2.05) is 31.2 Å². The van der Waals surface area contributed by atoms with Gasteiger partial charge >= 0.3 is 0 Å². The van der Waals surface area contributed by atoms with Crippen LogP contribution in [-0.4, -0.2) is 0 Å². The Morgan fingerprint density at radius 3 is 2.54 bits per heavy atom. The lowest BCUT2D eigenvalue weighted by molar-refractivity contribution is 0.191. The van der Waals surface area contributed by atoms with Gasteiger partial charge in [0.2, 0.25) is 0 Å². The van der Waals surface area contributed by atoms with Gasteiger partial charge in [0, 0.05) is 6.42 Å². The molecule has 1 aromatic rings. The van der Waals surface area contributed by atoms with Gasteiger partial charge in [-0.3, -0.25) is 0 Å². The first-order valence-electron chi connectivity index (χ1n) is 4.68. The highest BCUT2D eigenvalue weighted by molar-refractivity contribution is 5.13. The fraction of sp³-hybridized carbons (Fsp3) is 0.333. The second-order valence-corrected chi connectivity index (χ2v) is 2.88. The van der Waals surface area contributed by atoms with Crippen molar-refractivity contribution in [1.82, 2.24) is 0 Å². The molecule has 1 nitrogen and oxygen atoms in total. The zero-order valence-corrected chi connectivity index (χ0v) is 8.29. The Morgan fingerprint density at radius 2 is 2.00 bits per heavy atom. The minimum atomic E-state index is 0.675. The molecule has 13 heavy (non-hydrogen) atoms. The van der Waals surface area contributed by atoms with E-state index in [-0.39, 0.29) is 0 Å². The average Bonchev–Trinajstić information content (AvgIpc) is 2.21. The first-order valence-corrected chi connectivity index (χ1v) is 4.68. The summed E-state index contributed by atoms with van der Waals surface area (Å²) in [6.45, 7) is 4.78. The molecular weight excluding hydrogens is 160 g/mol. The van der Waals surface area contributed by atoms with Gasteiger partial charge in [-0.15, -0.1) is 0 Å². The van der Waals surface area contributed by atoms with E-state index in [4.69, 9.17) is 4.74 Å². The SMILES string of the molecule is C/C=C(/CC)OCc1ccccc1. The summed E-state index contributed by atoms with van der Waals surface area (Å²) in [4.78, 5) is 0. The van der Waals surface area contributed by atoms with Crippen molar-refractivity contribution in [3.8, 4) is 0 Å². The van der Waals surface area contributed by atoms with Crippen molar-refractivity contribution >= 4 is 0 Å². The normalized spacial score (nSPS) is 11.4. The predicted octanol–water partition coefficient (Wildman–Crippen LogP) is 3.52. The van der Waals surface area contributed by atoms with Crippen molar-refractivity contribution in [2.75, 3.05) is 0 Å². The van der Waals surface area contributed by atoms with Crippen LogP contribution in [0.4, 0.5) is 0 Å². The molecule has 1 aromatic carbocycles. The molecule has 0 saturated carbocycles. The van der Waals surface area contributed by atoms with Crippen LogP contribution in [0.2, 0.25) is 0 Å². The molecule has 0 amide bonds. The number of rotatable bonds is 4. The molecule has 0 heterocycles. The van der Waals surface area contributed by atoms with Gasteiger partial charge in [0.1, 0.15) is 6.61 Å². The van der Waals surface area contributed by atoms with Crippen LogP contribution in [0.1, 0.15) is 25.8 Å². The molecule has 0 aromatic heterocycles. The van der Waals surface area contributed by atoms with Crippen molar-refractivity contribution < 1.29 is 4.74 Å². The summed E-state index contributed by atoms with van der Waals surface area (Å²) in [7, 11) is 0. The molecule has 0 spiro atoms. The molecule has 0 fully saturated rings. The van der Waals surface area contributed by atoms with Crippen molar-refractivity contribution in [3.05, 3.63) is 47.7 Å². The fourth-order valence-corrected chi connectivity index (χ4v) is 1.14. The van der Waals surface area contributed by atoms with Crippen LogP contribution in [0.25, 0.3) is 0 Å². The monoisotopic (exact) mass is 176 g/mol. The van der Waals surface area contributed by atoms with Crippen LogP contribution in [0.3, 0.4) is 0 Å². The number of hydrogen-bond acceptors (Lipinski definition) is 1. The van der Waals surface area contributed by atoms with E-state index < -0.39 is 0 Å². The molecule has 0 radical (unpaired) electrons. The molecule has 0 atom stereocenters. The summed E-state index contributed by atoms with van der Waals surface area (Å²) in [5, 5.41) is 0. The van der Waals surface area contributed by atoms with Crippen LogP contribution in [0.5, 0.6) is 0 Å². The van der Waals surface area contributed by atoms with Crippen LogP contribution in [0, 0.1) is 0 Å². The minimum absolute atomic E-state index is 0.675. The van der Waals surface area contributed by atoms with Gasteiger partial charge in [0.25, 0.3) is 0 Å². The lowest BCUT2D eigenvalue weighted by atomic mass is 10.2. The summed E-state index contributed by atoms with van der Waals surface area (Å²) in [5.41, 5.74) is 1.22. The van der Waals surface area contributed by atoms with E-state index in [0.717, 1.165) is 12.2 Å². The Balaban J connectivity index is 2.43. The van der Waals surface area contributed by atoms with Crippen molar-refractivity contribution in [3.63, 3.8) is 0 Å². The molecule has 0 aliphatic carbocycles. The number of hydrogen-bond donors (Lipinski definition) is 0. The van der Waals surface area contributed by atoms with E-state index in [1.165, 1.54) is 5.56 Å². The molecule has 0 bridgehead atoms. The predicted molar refractivity (Wildman–Crippen MR) is 55.3 cm³/mol. The summed E-state index contributed by atoms with van der Waals surface area (Å²) in [6, 6.07) is 10.2. The first-order chi connectivity index (χ1) is 6.36. The van der Waals surface area contributed by atoms with E-state index in [0.29, 0.717) is 6.61 Å². The Bertz CT molecular complexity index is 262. The maximum atomic E-state index is 5.59. The second kappa shape index (κ2) is 5.41. The van der Waals surface area contributed by atoms with Crippen molar-refractivity contribution in [2.24, 2.45) is 0 Å². The van der Waals surface area contributed by atoms with Crippen LogP contribution in [0.15, 0.2) is 42.2 Å². The van der Waals surface area contributed by atoms with Crippen LogP contribution >= 0.6 is 0 Å². The highest BCUT2D eigenvalue weighted by Gasteiger charge is 1.94. The largest absolute Gasteiger partial charge is 0.494 e. The van der Waals surface area contributed by atoms with Gasteiger partial charge in [0.15, 0.2) is 0 Å². The van der Waals surface area contributed by atoms with Gasteiger partial charge < -0.3 is 4.74 Å². The van der Waals surface area contributed by atoms with E-state index in [9.17, 15) is 0 Å². The summed E-state index contributed by atoms with van der Waals surface area (Å²) >= 11 is 0. The van der Waals surface area contributed by atoms with Crippen molar-refractivity contribution in [2.45, 2.75) is 26.9 Å². The third-order valence-corrected chi connectivity index (χ3v) is 1.94. The van der Waals surface area contributed by atoms with E-state index in [2.05, 4.69) is 19.1 Å². The summed E-state index contributed by atoms with van der Waals surface area (Å²) in [6.07, 6.45) is 2.98. The van der Waals surface area contributed by atoms with Crippen LogP contribution in [-0.2, 0) is 11.3 Å². The summed E-state index contributed by atoms with van der Waals surface area (Å²) in [5.74, 6) is 1.06. The fourth-order valence-electron chi connectivity index (χ4n) is 1.14. The Labute approximate surface area is 80.0 Å². The maximum Gasteiger partial charge on any atom is 0.113 e. The second-order valence-electron chi connectivity index (χ2n) is 2.88. The lowest BCUT2D eigenvalue weighted by Crippen LogP contribution is -1.91. The zero-order chi connectivity index (χ0) is 9.52. The van der Waals surface area contributed by atoms with Gasteiger partial charge in [0.05, 0.1) is 5.76 Å². The minimum Gasteiger partial charge on any atom is -0.494 e. The zero-order valence-electron chi connectivity index (χ0n) is 8.29. The molecule has 0 saturated heterocycles. The molecular formula is C12H16O. The van der Waals surface area contributed by atoms with Gasteiger partial charge in [-0.2, -0.15) is 0 Å². The smallest absolute Gasteiger partial charge is 0.113 e. The quantitative estimate of drug-likeness (QED) is 0.638. The van der Waals surface area contributed by atoms with E-state index >= 15 is 0 Å². The Kier molecular flexibility index (Phi) is 4.10. The number of allylic oxidation sites excluding steroid dienone is 2. The average molecular weight is 176 g/mol. The molecule has 0 aliphatic heterocycles. The van der Waals surface area contributed by atoms with Crippen LogP contribution < -0.4 is 0 Å². The van der Waals surface area contributed by atoms with Gasteiger partial charge in [-0.1, -0.05) is 37.3 Å². The highest BCUT2D eigenvalue weighted by atomic mass is 16.5. The van der Waals surface area contributed by atoms with E-state index in [1.54, 1.807) is 0 Å². The van der Waals surface area contributed by atoms with Gasteiger partial charge in [-0.25, -0.2) is 0 Å². The lowest BCUT2D eigenvalue weighted by Gasteiger charge is -2.07. The Morgan fingerprint density at radius 1 is 1.31 bits per heavy atom. The molecule has 1 heteroatoms. The third kappa shape index (κ3) is 3.32.